The van der Waals surface area contributed by atoms with Gasteiger partial charge >= 0.3 is 6.03 Å². The highest BCUT2D eigenvalue weighted by Crippen LogP contribution is 2.23. The minimum absolute atomic E-state index is 0.0209. The minimum Gasteiger partial charge on any atom is -0.371 e. The van der Waals surface area contributed by atoms with Crippen LogP contribution in [-0.4, -0.2) is 42.1 Å². The Morgan fingerprint density at radius 2 is 1.85 bits per heavy atom. The highest BCUT2D eigenvalue weighted by Gasteiger charge is 2.22. The Morgan fingerprint density at radius 1 is 1.15 bits per heavy atom. The summed E-state index contributed by atoms with van der Waals surface area (Å²) in [6.07, 6.45) is 1.94. The molecule has 1 aliphatic rings. The SMILES string of the molecule is CN(Cc1nc2ccccc2s1)C(=O)NC1CCN(c2ccccc2)CC1. The van der Waals surface area contributed by atoms with Crippen molar-refractivity contribution < 1.29 is 4.79 Å². The summed E-state index contributed by atoms with van der Waals surface area (Å²) < 4.78 is 1.16. The number of piperidine rings is 1. The molecule has 1 N–H and O–H groups in total. The molecule has 1 aliphatic heterocycles. The van der Waals surface area contributed by atoms with Gasteiger partial charge in [0.25, 0.3) is 0 Å². The summed E-state index contributed by atoms with van der Waals surface area (Å²) in [7, 11) is 1.83. The van der Waals surface area contributed by atoms with Gasteiger partial charge in [-0.15, -0.1) is 11.3 Å². The normalized spacial score (nSPS) is 15.1. The third kappa shape index (κ3) is 4.22. The number of amides is 2. The van der Waals surface area contributed by atoms with Crippen molar-refractivity contribution >= 4 is 33.3 Å². The lowest BCUT2D eigenvalue weighted by atomic mass is 10.0. The molecule has 6 heteroatoms. The maximum absolute atomic E-state index is 12.6. The second-order valence-electron chi connectivity index (χ2n) is 6.98. The number of hydrogen-bond acceptors (Lipinski definition) is 4. The molecule has 140 valence electrons. The van der Waals surface area contributed by atoms with E-state index in [2.05, 4.69) is 45.5 Å². The molecule has 1 fully saturated rings. The fourth-order valence-corrected chi connectivity index (χ4v) is 4.49. The highest BCUT2D eigenvalue weighted by molar-refractivity contribution is 7.18. The molecule has 4 rings (SSSR count). The van der Waals surface area contributed by atoms with E-state index in [1.807, 2.05) is 31.3 Å². The van der Waals surface area contributed by atoms with E-state index >= 15 is 0 Å². The van der Waals surface area contributed by atoms with Crippen molar-refractivity contribution in [2.75, 3.05) is 25.0 Å². The van der Waals surface area contributed by atoms with Crippen LogP contribution in [0.3, 0.4) is 0 Å². The number of aromatic nitrogens is 1. The number of benzene rings is 2. The Labute approximate surface area is 163 Å². The molecule has 0 aliphatic carbocycles. The molecule has 0 saturated carbocycles. The summed E-state index contributed by atoms with van der Waals surface area (Å²) in [4.78, 5) is 21.3. The Hall–Kier alpha value is -2.60. The van der Waals surface area contributed by atoms with E-state index in [1.54, 1.807) is 16.2 Å². The monoisotopic (exact) mass is 380 g/mol. The summed E-state index contributed by atoms with van der Waals surface area (Å²) in [5, 5.41) is 4.15. The maximum atomic E-state index is 12.6. The Morgan fingerprint density at radius 3 is 2.59 bits per heavy atom. The van der Waals surface area contributed by atoms with Crippen molar-refractivity contribution in [2.45, 2.75) is 25.4 Å². The van der Waals surface area contributed by atoms with Gasteiger partial charge in [0.1, 0.15) is 5.01 Å². The number of anilines is 1. The smallest absolute Gasteiger partial charge is 0.317 e. The first-order valence-electron chi connectivity index (χ1n) is 9.35. The molecule has 0 atom stereocenters. The van der Waals surface area contributed by atoms with E-state index in [9.17, 15) is 4.79 Å². The predicted octanol–water partition coefficient (Wildman–Crippen LogP) is 4.11. The molecule has 2 aromatic carbocycles. The predicted molar refractivity (Wildman–Crippen MR) is 111 cm³/mol. The van der Waals surface area contributed by atoms with Gasteiger partial charge in [-0.2, -0.15) is 0 Å². The molecular formula is C21H24N4OS. The lowest BCUT2D eigenvalue weighted by molar-refractivity contribution is 0.200. The van der Waals surface area contributed by atoms with Gasteiger partial charge in [0.05, 0.1) is 16.8 Å². The average Bonchev–Trinajstić information content (AvgIpc) is 3.11. The molecule has 2 amide bonds. The van der Waals surface area contributed by atoms with Gasteiger partial charge in [-0.1, -0.05) is 30.3 Å². The zero-order valence-electron chi connectivity index (χ0n) is 15.5. The molecular weight excluding hydrogens is 356 g/mol. The van der Waals surface area contributed by atoms with Crippen LogP contribution < -0.4 is 10.2 Å². The number of urea groups is 1. The first-order chi connectivity index (χ1) is 13.2. The number of nitrogens with one attached hydrogen (secondary N) is 1. The third-order valence-corrected chi connectivity index (χ3v) is 6.02. The lowest BCUT2D eigenvalue weighted by Crippen LogP contribution is -2.48. The number of carbonyl (C=O) groups is 1. The molecule has 3 aromatic rings. The van der Waals surface area contributed by atoms with E-state index in [0.29, 0.717) is 6.54 Å². The maximum Gasteiger partial charge on any atom is 0.317 e. The van der Waals surface area contributed by atoms with Crippen LogP contribution in [0.15, 0.2) is 54.6 Å². The minimum atomic E-state index is -0.0209. The molecule has 27 heavy (non-hydrogen) atoms. The van der Waals surface area contributed by atoms with E-state index in [1.165, 1.54) is 5.69 Å². The van der Waals surface area contributed by atoms with Crippen LogP contribution in [-0.2, 0) is 6.54 Å². The Kier molecular flexibility index (Phi) is 5.25. The first-order valence-corrected chi connectivity index (χ1v) is 10.2. The van der Waals surface area contributed by atoms with Crippen LogP contribution in [0, 0.1) is 0 Å². The molecule has 2 heterocycles. The van der Waals surface area contributed by atoms with Gasteiger partial charge in [-0.05, 0) is 37.1 Å². The number of carbonyl (C=O) groups excluding carboxylic acids is 1. The highest BCUT2D eigenvalue weighted by atomic mass is 32.1. The lowest BCUT2D eigenvalue weighted by Gasteiger charge is -2.34. The quantitative estimate of drug-likeness (QED) is 0.741. The summed E-state index contributed by atoms with van der Waals surface area (Å²) in [6, 6.07) is 18.8. The number of rotatable bonds is 4. The van der Waals surface area contributed by atoms with Gasteiger partial charge < -0.3 is 15.1 Å². The van der Waals surface area contributed by atoms with Crippen molar-refractivity contribution in [1.82, 2.24) is 15.2 Å². The summed E-state index contributed by atoms with van der Waals surface area (Å²) in [6.45, 7) is 2.47. The molecule has 1 aromatic heterocycles. The fourth-order valence-electron chi connectivity index (χ4n) is 3.47. The molecule has 1 saturated heterocycles. The second-order valence-corrected chi connectivity index (χ2v) is 8.09. The number of hydrogen-bond donors (Lipinski definition) is 1. The van der Waals surface area contributed by atoms with Crippen LogP contribution in [0.5, 0.6) is 0 Å². The van der Waals surface area contributed by atoms with E-state index in [0.717, 1.165) is 41.2 Å². The van der Waals surface area contributed by atoms with E-state index < -0.39 is 0 Å². The topological polar surface area (TPSA) is 48.5 Å². The average molecular weight is 381 g/mol. The second kappa shape index (κ2) is 7.96. The van der Waals surface area contributed by atoms with Gasteiger partial charge in [0, 0.05) is 31.9 Å². The van der Waals surface area contributed by atoms with Crippen LogP contribution in [0.1, 0.15) is 17.8 Å². The summed E-state index contributed by atoms with van der Waals surface area (Å²) in [5.41, 5.74) is 2.26. The van der Waals surface area contributed by atoms with Crippen LogP contribution >= 0.6 is 11.3 Å². The molecule has 0 unspecified atom stereocenters. The summed E-state index contributed by atoms with van der Waals surface area (Å²) >= 11 is 1.65. The van der Waals surface area contributed by atoms with Crippen LogP contribution in [0.25, 0.3) is 10.2 Å². The summed E-state index contributed by atoms with van der Waals surface area (Å²) in [5.74, 6) is 0. The molecule has 0 bridgehead atoms. The van der Waals surface area contributed by atoms with Crippen molar-refractivity contribution in [2.24, 2.45) is 0 Å². The Balaban J connectivity index is 1.29. The van der Waals surface area contributed by atoms with E-state index in [-0.39, 0.29) is 12.1 Å². The molecule has 0 radical (unpaired) electrons. The first kappa shape index (κ1) is 17.8. The largest absolute Gasteiger partial charge is 0.371 e. The zero-order valence-corrected chi connectivity index (χ0v) is 16.3. The van der Waals surface area contributed by atoms with Crippen molar-refractivity contribution in [3.63, 3.8) is 0 Å². The van der Waals surface area contributed by atoms with Gasteiger partial charge in [0.15, 0.2) is 0 Å². The third-order valence-electron chi connectivity index (χ3n) is 5.00. The number of fused-ring (bicyclic) bond motifs is 1. The van der Waals surface area contributed by atoms with Gasteiger partial charge in [-0.3, -0.25) is 0 Å². The Bertz CT molecular complexity index is 870. The fraction of sp³-hybridized carbons (Fsp3) is 0.333. The van der Waals surface area contributed by atoms with Crippen LogP contribution in [0.4, 0.5) is 10.5 Å². The van der Waals surface area contributed by atoms with Crippen molar-refractivity contribution in [3.05, 3.63) is 59.6 Å². The standard InChI is InChI=1S/C21H24N4OS/c1-24(15-20-23-18-9-5-6-10-19(18)27-20)21(26)22-16-11-13-25(14-12-16)17-7-3-2-4-8-17/h2-10,16H,11-15H2,1H3,(H,22,26). The van der Waals surface area contributed by atoms with E-state index in [4.69, 9.17) is 0 Å². The molecule has 5 nitrogen and oxygen atoms in total. The number of para-hydroxylation sites is 2. The number of nitrogens with zero attached hydrogens (tertiary/aromatic N) is 3. The van der Waals surface area contributed by atoms with Crippen molar-refractivity contribution in [3.8, 4) is 0 Å². The van der Waals surface area contributed by atoms with Gasteiger partial charge in [0.2, 0.25) is 0 Å². The van der Waals surface area contributed by atoms with Crippen LogP contribution in [0.2, 0.25) is 0 Å². The van der Waals surface area contributed by atoms with Crippen molar-refractivity contribution in [1.29, 1.82) is 0 Å². The number of thiazole rings is 1. The zero-order chi connectivity index (χ0) is 18.6. The molecule has 0 spiro atoms. The van der Waals surface area contributed by atoms with Gasteiger partial charge in [-0.25, -0.2) is 9.78 Å².